The van der Waals surface area contributed by atoms with Crippen LogP contribution in [0.1, 0.15) is 30.5 Å². The molecule has 0 spiro atoms. The normalized spacial score (nSPS) is 17.6. The molecular formula is C18H24N2O2S. The average molecular weight is 332 g/mol. The first-order valence-corrected chi connectivity index (χ1v) is 8.75. The summed E-state index contributed by atoms with van der Waals surface area (Å²) in [6.45, 7) is 9.24. The van der Waals surface area contributed by atoms with Gasteiger partial charge in [0.1, 0.15) is 10.8 Å². The topological polar surface area (TPSA) is 43.4 Å². The second-order valence-electron chi connectivity index (χ2n) is 6.60. The van der Waals surface area contributed by atoms with Crippen molar-refractivity contribution in [2.45, 2.75) is 26.8 Å². The standard InChI is InChI=1S/C18H24N2O2S/c1-12(19-9-18(3)10-22-11-18)16-13(2)20-17(23-16)14-5-7-15(21-4)8-6-14/h5-8,12,19H,9-11H2,1-4H3. The summed E-state index contributed by atoms with van der Waals surface area (Å²) in [6, 6.07) is 8.38. The SMILES string of the molecule is COc1ccc(-c2nc(C)c(C(C)NCC3(C)COC3)s2)cc1. The number of nitrogens with one attached hydrogen (secondary N) is 1. The minimum absolute atomic E-state index is 0.283. The van der Waals surface area contributed by atoms with Crippen molar-refractivity contribution in [3.8, 4) is 16.3 Å². The highest BCUT2D eigenvalue weighted by Crippen LogP contribution is 2.33. The number of aromatic nitrogens is 1. The molecule has 2 aromatic rings. The molecule has 0 bridgehead atoms. The summed E-state index contributed by atoms with van der Waals surface area (Å²) < 4.78 is 10.5. The zero-order valence-corrected chi connectivity index (χ0v) is 15.0. The van der Waals surface area contributed by atoms with E-state index in [0.29, 0.717) is 6.04 Å². The van der Waals surface area contributed by atoms with Crippen LogP contribution in [0.2, 0.25) is 0 Å². The number of aryl methyl sites for hydroxylation is 1. The summed E-state index contributed by atoms with van der Waals surface area (Å²) in [7, 11) is 1.68. The van der Waals surface area contributed by atoms with Gasteiger partial charge in [-0.05, 0) is 38.1 Å². The molecule has 0 aliphatic carbocycles. The van der Waals surface area contributed by atoms with Crippen molar-refractivity contribution in [3.63, 3.8) is 0 Å². The minimum atomic E-state index is 0.283. The zero-order valence-electron chi connectivity index (χ0n) is 14.2. The largest absolute Gasteiger partial charge is 0.497 e. The molecule has 1 aliphatic heterocycles. The first kappa shape index (κ1) is 16.4. The quantitative estimate of drug-likeness (QED) is 0.873. The van der Waals surface area contributed by atoms with Gasteiger partial charge in [0.15, 0.2) is 0 Å². The first-order valence-electron chi connectivity index (χ1n) is 7.94. The lowest BCUT2D eigenvalue weighted by molar-refractivity contribution is -0.0998. The number of rotatable bonds is 6. The van der Waals surface area contributed by atoms with Gasteiger partial charge in [0, 0.05) is 28.4 Å². The third-order valence-electron chi connectivity index (χ3n) is 4.30. The molecular weight excluding hydrogens is 308 g/mol. The van der Waals surface area contributed by atoms with E-state index >= 15 is 0 Å². The molecule has 1 saturated heterocycles. The Labute approximate surface area is 141 Å². The van der Waals surface area contributed by atoms with E-state index in [-0.39, 0.29) is 5.41 Å². The Morgan fingerprint density at radius 3 is 2.61 bits per heavy atom. The number of ether oxygens (including phenoxy) is 2. The molecule has 1 aromatic carbocycles. The minimum Gasteiger partial charge on any atom is -0.497 e. The van der Waals surface area contributed by atoms with Crippen LogP contribution in [0.5, 0.6) is 5.75 Å². The molecule has 4 nitrogen and oxygen atoms in total. The van der Waals surface area contributed by atoms with Crippen LogP contribution in [0.3, 0.4) is 0 Å². The Hall–Kier alpha value is -1.43. The van der Waals surface area contributed by atoms with Gasteiger partial charge < -0.3 is 14.8 Å². The maximum Gasteiger partial charge on any atom is 0.123 e. The third-order valence-corrected chi connectivity index (χ3v) is 5.69. The first-order chi connectivity index (χ1) is 11.0. The summed E-state index contributed by atoms with van der Waals surface area (Å²) in [4.78, 5) is 6.05. The fourth-order valence-corrected chi connectivity index (χ4v) is 3.81. The van der Waals surface area contributed by atoms with E-state index in [1.54, 1.807) is 18.4 Å². The molecule has 1 unspecified atom stereocenters. The van der Waals surface area contributed by atoms with Crippen molar-refractivity contribution >= 4 is 11.3 Å². The maximum absolute atomic E-state index is 5.32. The summed E-state index contributed by atoms with van der Waals surface area (Å²) in [5.74, 6) is 0.869. The van der Waals surface area contributed by atoms with Crippen LogP contribution < -0.4 is 10.1 Å². The molecule has 1 atom stereocenters. The van der Waals surface area contributed by atoms with Crippen LogP contribution in [0.4, 0.5) is 0 Å². The fourth-order valence-electron chi connectivity index (χ4n) is 2.71. The number of nitrogens with zero attached hydrogens (tertiary/aromatic N) is 1. The second kappa shape index (κ2) is 6.59. The van der Waals surface area contributed by atoms with Crippen LogP contribution >= 0.6 is 11.3 Å². The molecule has 3 rings (SSSR count). The van der Waals surface area contributed by atoms with Gasteiger partial charge in [-0.3, -0.25) is 0 Å². The second-order valence-corrected chi connectivity index (χ2v) is 7.63. The molecule has 1 aromatic heterocycles. The molecule has 0 saturated carbocycles. The van der Waals surface area contributed by atoms with Crippen molar-refractivity contribution in [1.82, 2.24) is 10.3 Å². The number of hydrogen-bond acceptors (Lipinski definition) is 5. The smallest absolute Gasteiger partial charge is 0.123 e. The summed E-state index contributed by atoms with van der Waals surface area (Å²) in [5, 5.41) is 4.70. The predicted molar refractivity (Wildman–Crippen MR) is 94.2 cm³/mol. The van der Waals surface area contributed by atoms with Crippen molar-refractivity contribution in [2.24, 2.45) is 5.41 Å². The number of thiazole rings is 1. The number of methoxy groups -OCH3 is 1. The molecule has 23 heavy (non-hydrogen) atoms. The van der Waals surface area contributed by atoms with Gasteiger partial charge in [0.05, 0.1) is 26.0 Å². The van der Waals surface area contributed by atoms with Crippen LogP contribution in [-0.2, 0) is 4.74 Å². The van der Waals surface area contributed by atoms with E-state index in [1.165, 1.54) is 4.88 Å². The van der Waals surface area contributed by atoms with Crippen molar-refractivity contribution in [1.29, 1.82) is 0 Å². The van der Waals surface area contributed by atoms with Crippen LogP contribution in [-0.4, -0.2) is 31.9 Å². The van der Waals surface area contributed by atoms with Crippen molar-refractivity contribution < 1.29 is 9.47 Å². The number of benzene rings is 1. The van der Waals surface area contributed by atoms with E-state index in [4.69, 9.17) is 14.5 Å². The highest BCUT2D eigenvalue weighted by molar-refractivity contribution is 7.15. The molecule has 124 valence electrons. The summed E-state index contributed by atoms with van der Waals surface area (Å²) in [5.41, 5.74) is 2.53. The fraction of sp³-hybridized carbons (Fsp3) is 0.500. The molecule has 5 heteroatoms. The van der Waals surface area contributed by atoms with Gasteiger partial charge in [-0.1, -0.05) is 6.92 Å². The van der Waals surface area contributed by atoms with Gasteiger partial charge in [0.2, 0.25) is 0 Å². The Balaban J connectivity index is 1.71. The lowest BCUT2D eigenvalue weighted by Crippen LogP contribution is -2.47. The molecule has 1 fully saturated rings. The van der Waals surface area contributed by atoms with Crippen LogP contribution in [0.25, 0.3) is 10.6 Å². The van der Waals surface area contributed by atoms with Gasteiger partial charge in [-0.15, -0.1) is 11.3 Å². The maximum atomic E-state index is 5.32. The Kier molecular flexibility index (Phi) is 4.71. The predicted octanol–water partition coefficient (Wildman–Crippen LogP) is 3.81. The average Bonchev–Trinajstić information content (AvgIpc) is 2.93. The number of hydrogen-bond donors (Lipinski definition) is 1. The monoisotopic (exact) mass is 332 g/mol. The Morgan fingerprint density at radius 2 is 2.04 bits per heavy atom. The highest BCUT2D eigenvalue weighted by atomic mass is 32.1. The van der Waals surface area contributed by atoms with Crippen LogP contribution in [0.15, 0.2) is 24.3 Å². The van der Waals surface area contributed by atoms with Crippen LogP contribution in [0, 0.1) is 12.3 Å². The van der Waals surface area contributed by atoms with E-state index in [2.05, 4.69) is 38.2 Å². The molecule has 2 heterocycles. The Morgan fingerprint density at radius 1 is 1.35 bits per heavy atom. The molecule has 0 amide bonds. The highest BCUT2D eigenvalue weighted by Gasteiger charge is 2.33. The third kappa shape index (κ3) is 3.57. The van der Waals surface area contributed by atoms with Gasteiger partial charge in [0.25, 0.3) is 0 Å². The lowest BCUT2D eigenvalue weighted by atomic mass is 9.88. The van der Waals surface area contributed by atoms with Crippen molar-refractivity contribution in [3.05, 3.63) is 34.8 Å². The van der Waals surface area contributed by atoms with Gasteiger partial charge >= 0.3 is 0 Å². The van der Waals surface area contributed by atoms with E-state index in [9.17, 15) is 0 Å². The molecule has 1 aliphatic rings. The summed E-state index contributed by atoms with van der Waals surface area (Å²) >= 11 is 1.76. The zero-order chi connectivity index (χ0) is 16.4. The van der Waals surface area contributed by atoms with E-state index in [1.807, 2.05) is 12.1 Å². The Bertz CT molecular complexity index is 662. The van der Waals surface area contributed by atoms with E-state index in [0.717, 1.165) is 41.8 Å². The molecule has 0 radical (unpaired) electrons. The summed E-state index contributed by atoms with van der Waals surface area (Å²) in [6.07, 6.45) is 0. The van der Waals surface area contributed by atoms with Crippen molar-refractivity contribution in [2.75, 3.05) is 26.9 Å². The lowest BCUT2D eigenvalue weighted by Gasteiger charge is -2.39. The van der Waals surface area contributed by atoms with E-state index < -0.39 is 0 Å². The van der Waals surface area contributed by atoms with Gasteiger partial charge in [-0.2, -0.15) is 0 Å². The molecule has 1 N–H and O–H groups in total. The van der Waals surface area contributed by atoms with Gasteiger partial charge in [-0.25, -0.2) is 4.98 Å².